The van der Waals surface area contributed by atoms with Gasteiger partial charge >= 0.3 is 0 Å². The van der Waals surface area contributed by atoms with E-state index in [0.29, 0.717) is 6.54 Å². The molecule has 2 atom stereocenters. The summed E-state index contributed by atoms with van der Waals surface area (Å²) in [5, 5.41) is 7.42. The highest BCUT2D eigenvalue weighted by Crippen LogP contribution is 2.33. The van der Waals surface area contributed by atoms with Gasteiger partial charge in [0, 0.05) is 36.1 Å². The summed E-state index contributed by atoms with van der Waals surface area (Å²) in [5.41, 5.74) is 1.82. The second-order valence-electron chi connectivity index (χ2n) is 13.7. The van der Waals surface area contributed by atoms with E-state index in [2.05, 4.69) is 75.4 Å². The van der Waals surface area contributed by atoms with Crippen molar-refractivity contribution < 1.29 is 9.59 Å². The number of likely N-dealkylation sites (N-methyl/N-ethyl adjacent to an activating group) is 2. The number of rotatable bonds is 6. The molecule has 1 aromatic heterocycles. The van der Waals surface area contributed by atoms with Gasteiger partial charge in [0.25, 0.3) is 0 Å². The number of aromatic nitrogens is 1. The van der Waals surface area contributed by atoms with Crippen molar-refractivity contribution in [1.82, 2.24) is 25.4 Å². The van der Waals surface area contributed by atoms with Crippen LogP contribution in [0.5, 0.6) is 0 Å². The molecule has 7 nitrogen and oxygen atoms in total. The Labute approximate surface area is 240 Å². The molecular formula is C31H51N5O2S. The quantitative estimate of drug-likeness (QED) is 0.519. The van der Waals surface area contributed by atoms with E-state index in [1.165, 1.54) is 10.5 Å². The lowest BCUT2D eigenvalue weighted by molar-refractivity contribution is -0.133. The highest BCUT2D eigenvalue weighted by atomic mass is 32.1. The summed E-state index contributed by atoms with van der Waals surface area (Å²) < 4.78 is 0. The number of nitrogens with one attached hydrogen (secondary N) is 2. The van der Waals surface area contributed by atoms with Crippen LogP contribution in [0.3, 0.4) is 0 Å². The Morgan fingerprint density at radius 3 is 1.82 bits per heavy atom. The van der Waals surface area contributed by atoms with Crippen LogP contribution in [-0.4, -0.2) is 72.4 Å². The first-order valence-corrected chi connectivity index (χ1v) is 15.2. The topological polar surface area (TPSA) is 77.6 Å². The highest BCUT2D eigenvalue weighted by molar-refractivity contribution is 7.11. The monoisotopic (exact) mass is 557 g/mol. The van der Waals surface area contributed by atoms with Crippen LogP contribution in [0.2, 0.25) is 0 Å². The lowest BCUT2D eigenvalue weighted by Crippen LogP contribution is -2.44. The van der Waals surface area contributed by atoms with Crippen LogP contribution in [0.25, 0.3) is 0 Å². The molecule has 218 valence electrons. The molecule has 4 rings (SSSR count). The van der Waals surface area contributed by atoms with Gasteiger partial charge < -0.3 is 20.4 Å². The van der Waals surface area contributed by atoms with E-state index in [4.69, 9.17) is 0 Å². The molecule has 0 bridgehead atoms. The molecule has 2 N–H and O–H groups in total. The van der Waals surface area contributed by atoms with Gasteiger partial charge in [0.1, 0.15) is 0 Å². The van der Waals surface area contributed by atoms with Crippen molar-refractivity contribution in [1.29, 1.82) is 0 Å². The first kappa shape index (κ1) is 31.5. The minimum atomic E-state index is -0.0634. The van der Waals surface area contributed by atoms with Gasteiger partial charge in [0.2, 0.25) is 11.8 Å². The molecule has 0 aromatic carbocycles. The SMILES string of the molecule is CNC1CC(C)(C)CCN(CC2=CC(C)(C)C=C2)C1=O.CNC1CC(C)(C)CCN(Cc2cnc(C)s2)C1=O. The van der Waals surface area contributed by atoms with E-state index in [0.717, 1.165) is 50.3 Å². The zero-order valence-corrected chi connectivity index (χ0v) is 26.5. The normalized spacial score (nSPS) is 26.0. The fourth-order valence-electron chi connectivity index (χ4n) is 5.67. The molecule has 0 saturated carbocycles. The minimum absolute atomic E-state index is 0.0495. The molecule has 3 heterocycles. The van der Waals surface area contributed by atoms with E-state index in [1.807, 2.05) is 37.0 Å². The van der Waals surface area contributed by atoms with Crippen molar-refractivity contribution in [2.24, 2.45) is 16.2 Å². The first-order valence-electron chi connectivity index (χ1n) is 14.4. The van der Waals surface area contributed by atoms with Gasteiger partial charge in [0.15, 0.2) is 0 Å². The van der Waals surface area contributed by atoms with Gasteiger partial charge in [-0.2, -0.15) is 0 Å². The third-order valence-corrected chi connectivity index (χ3v) is 9.12. The maximum absolute atomic E-state index is 12.6. The van der Waals surface area contributed by atoms with Gasteiger partial charge in [-0.1, -0.05) is 59.8 Å². The van der Waals surface area contributed by atoms with E-state index < -0.39 is 0 Å². The molecule has 1 aliphatic carbocycles. The Kier molecular flexibility index (Phi) is 10.2. The molecule has 2 amide bonds. The molecule has 2 aliphatic heterocycles. The summed E-state index contributed by atoms with van der Waals surface area (Å²) in [6, 6.07) is -0.113. The second kappa shape index (κ2) is 12.6. The Hall–Kier alpha value is -2.03. The molecule has 3 aliphatic rings. The molecule has 8 heteroatoms. The lowest BCUT2D eigenvalue weighted by atomic mass is 9.83. The van der Waals surface area contributed by atoms with Crippen molar-refractivity contribution in [2.45, 2.75) is 92.8 Å². The number of hydrogen-bond acceptors (Lipinski definition) is 6. The van der Waals surface area contributed by atoms with E-state index in [9.17, 15) is 9.59 Å². The number of hydrogen-bond donors (Lipinski definition) is 2. The number of carbonyl (C=O) groups excluding carboxylic acids is 2. The summed E-state index contributed by atoms with van der Waals surface area (Å²) >= 11 is 1.67. The minimum Gasteiger partial charge on any atom is -0.337 e. The van der Waals surface area contributed by atoms with E-state index in [-0.39, 0.29) is 40.1 Å². The molecule has 0 radical (unpaired) electrons. The van der Waals surface area contributed by atoms with Crippen molar-refractivity contribution in [3.05, 3.63) is 39.9 Å². The first-order chi connectivity index (χ1) is 18.1. The van der Waals surface area contributed by atoms with Crippen molar-refractivity contribution in [3.63, 3.8) is 0 Å². The Morgan fingerprint density at radius 1 is 0.897 bits per heavy atom. The van der Waals surface area contributed by atoms with Crippen LogP contribution in [0.15, 0.2) is 30.0 Å². The summed E-state index contributed by atoms with van der Waals surface area (Å²) in [6.45, 7) is 18.5. The summed E-state index contributed by atoms with van der Waals surface area (Å²) in [5.74, 6) is 0.469. The fraction of sp³-hybridized carbons (Fsp3) is 0.710. The third kappa shape index (κ3) is 8.98. The van der Waals surface area contributed by atoms with Crippen LogP contribution in [0.4, 0.5) is 0 Å². The fourth-order valence-corrected chi connectivity index (χ4v) is 6.48. The number of allylic oxidation sites excluding steroid dienone is 2. The van der Waals surface area contributed by atoms with Crippen LogP contribution in [0, 0.1) is 23.2 Å². The van der Waals surface area contributed by atoms with Crippen LogP contribution >= 0.6 is 11.3 Å². The number of carbonyl (C=O) groups is 2. The number of thiazole rings is 1. The van der Waals surface area contributed by atoms with E-state index >= 15 is 0 Å². The molecule has 39 heavy (non-hydrogen) atoms. The molecule has 0 spiro atoms. The van der Waals surface area contributed by atoms with Crippen LogP contribution in [0.1, 0.15) is 77.1 Å². The standard InChI is InChI=1S/C17H28N2O.C14H23N3OS/c1-16(2)7-6-13(10-16)12-19-9-8-17(3,4)11-14(18-5)15(19)20;1-10-16-8-11(19-10)9-17-6-5-14(2,3)7-12(15-4)13(17)18/h6-7,10,14,18H,8-9,11-12H2,1-5H3;8,12,15H,5-7,9H2,1-4H3. The van der Waals surface area contributed by atoms with E-state index in [1.54, 1.807) is 11.3 Å². The smallest absolute Gasteiger partial charge is 0.240 e. The largest absolute Gasteiger partial charge is 0.337 e. The summed E-state index contributed by atoms with van der Waals surface area (Å²) in [7, 11) is 3.76. The molecule has 2 fully saturated rings. The molecular weight excluding hydrogens is 506 g/mol. The Morgan fingerprint density at radius 2 is 1.41 bits per heavy atom. The molecule has 2 unspecified atom stereocenters. The zero-order valence-electron chi connectivity index (χ0n) is 25.7. The van der Waals surface area contributed by atoms with Crippen LogP contribution in [-0.2, 0) is 16.1 Å². The number of likely N-dealkylation sites (tertiary alicyclic amines) is 2. The average molecular weight is 558 g/mol. The Bertz CT molecular complexity index is 1070. The van der Waals surface area contributed by atoms with Gasteiger partial charge in [-0.25, -0.2) is 4.98 Å². The summed E-state index contributed by atoms with van der Waals surface area (Å²) in [4.78, 5) is 34.6. The van der Waals surface area contributed by atoms with Gasteiger partial charge in [-0.3, -0.25) is 9.59 Å². The zero-order chi connectivity index (χ0) is 29.0. The summed E-state index contributed by atoms with van der Waals surface area (Å²) in [6.07, 6.45) is 12.5. The highest BCUT2D eigenvalue weighted by Gasteiger charge is 2.36. The predicted octanol–water partition coefficient (Wildman–Crippen LogP) is 4.93. The second-order valence-corrected chi connectivity index (χ2v) is 15.0. The van der Waals surface area contributed by atoms with Gasteiger partial charge in [-0.05, 0) is 63.1 Å². The Balaban J connectivity index is 0.000000216. The third-order valence-electron chi connectivity index (χ3n) is 8.22. The molecule has 2 saturated heterocycles. The van der Waals surface area contributed by atoms with Gasteiger partial charge in [-0.15, -0.1) is 11.3 Å². The van der Waals surface area contributed by atoms with Crippen LogP contribution < -0.4 is 10.6 Å². The lowest BCUT2D eigenvalue weighted by Gasteiger charge is -2.24. The maximum Gasteiger partial charge on any atom is 0.240 e. The van der Waals surface area contributed by atoms with Crippen molar-refractivity contribution >= 4 is 23.2 Å². The average Bonchev–Trinajstić information content (AvgIpc) is 3.37. The van der Waals surface area contributed by atoms with Gasteiger partial charge in [0.05, 0.1) is 23.6 Å². The molecule has 1 aromatic rings. The van der Waals surface area contributed by atoms with Crippen molar-refractivity contribution in [3.8, 4) is 0 Å². The predicted molar refractivity (Wildman–Crippen MR) is 162 cm³/mol. The van der Waals surface area contributed by atoms with Crippen molar-refractivity contribution in [2.75, 3.05) is 33.7 Å². The maximum atomic E-state index is 12.6. The number of amides is 2. The number of aryl methyl sites for hydroxylation is 1. The number of nitrogens with zero attached hydrogens (tertiary/aromatic N) is 3.